The number of aromatic amines is 1. The monoisotopic (exact) mass is 327 g/mol. The number of nitrogens with zero attached hydrogens (tertiary/aromatic N) is 1. The molecule has 1 atom stereocenters. The molecule has 0 saturated carbocycles. The van der Waals surface area contributed by atoms with E-state index in [1.54, 1.807) is 20.1 Å². The molecular formula is C18H21N3O3. The normalized spacial score (nSPS) is 16.9. The summed E-state index contributed by atoms with van der Waals surface area (Å²) in [5, 5.41) is 3.01. The molecule has 1 unspecified atom stereocenters. The molecule has 2 N–H and O–H groups in total. The number of amides is 1. The van der Waals surface area contributed by atoms with Crippen LogP contribution >= 0.6 is 0 Å². The van der Waals surface area contributed by atoms with E-state index in [9.17, 15) is 9.59 Å². The maximum absolute atomic E-state index is 12.4. The highest BCUT2D eigenvalue weighted by atomic mass is 16.5. The molecule has 1 fully saturated rings. The third kappa shape index (κ3) is 3.42. The molecule has 24 heavy (non-hydrogen) atoms. The zero-order valence-corrected chi connectivity index (χ0v) is 13.8. The van der Waals surface area contributed by atoms with E-state index in [1.165, 1.54) is 6.07 Å². The first-order chi connectivity index (χ1) is 11.6. The lowest BCUT2D eigenvalue weighted by molar-refractivity contribution is 0.0940. The molecule has 1 aliphatic rings. The first-order valence-electron chi connectivity index (χ1n) is 7.96. The average Bonchev–Trinajstić information content (AvgIpc) is 3.02. The van der Waals surface area contributed by atoms with Gasteiger partial charge in [0.15, 0.2) is 0 Å². The van der Waals surface area contributed by atoms with Crippen molar-refractivity contribution >= 4 is 11.6 Å². The van der Waals surface area contributed by atoms with E-state index in [1.807, 2.05) is 24.3 Å². The number of nitrogens with one attached hydrogen (secondary N) is 2. The molecule has 1 saturated heterocycles. The zero-order valence-electron chi connectivity index (χ0n) is 13.8. The summed E-state index contributed by atoms with van der Waals surface area (Å²) in [5.74, 6) is 0.616. The van der Waals surface area contributed by atoms with Crippen molar-refractivity contribution in [3.63, 3.8) is 0 Å². The van der Waals surface area contributed by atoms with Gasteiger partial charge in [-0.1, -0.05) is 12.1 Å². The average molecular weight is 327 g/mol. The molecule has 1 amide bonds. The molecule has 1 aromatic heterocycles. The first kappa shape index (κ1) is 16.1. The van der Waals surface area contributed by atoms with Crippen LogP contribution in [0.3, 0.4) is 0 Å². The van der Waals surface area contributed by atoms with Gasteiger partial charge in [-0.15, -0.1) is 0 Å². The number of methoxy groups -OCH3 is 1. The number of pyridine rings is 1. The Morgan fingerprint density at radius 3 is 2.88 bits per heavy atom. The number of ether oxygens (including phenoxy) is 1. The fourth-order valence-corrected chi connectivity index (χ4v) is 3.07. The Morgan fingerprint density at radius 1 is 1.33 bits per heavy atom. The van der Waals surface area contributed by atoms with Crippen molar-refractivity contribution in [1.29, 1.82) is 0 Å². The topological polar surface area (TPSA) is 74.4 Å². The minimum Gasteiger partial charge on any atom is -0.495 e. The van der Waals surface area contributed by atoms with Gasteiger partial charge in [0, 0.05) is 36.5 Å². The Labute approximate surface area is 140 Å². The summed E-state index contributed by atoms with van der Waals surface area (Å²) in [6.07, 6.45) is 0.853. The van der Waals surface area contributed by atoms with Crippen molar-refractivity contribution in [2.75, 3.05) is 25.1 Å². The molecule has 126 valence electrons. The molecule has 6 heteroatoms. The van der Waals surface area contributed by atoms with E-state index in [-0.39, 0.29) is 17.5 Å². The third-order valence-corrected chi connectivity index (χ3v) is 4.19. The van der Waals surface area contributed by atoms with Crippen LogP contribution in [0.2, 0.25) is 0 Å². The Bertz CT molecular complexity index is 800. The Hall–Kier alpha value is -2.76. The highest BCUT2D eigenvalue weighted by Crippen LogP contribution is 2.30. The SMILES string of the molecule is COc1ccccc1N1CCC(NC(=O)c2cc(C)[nH]c(=O)c2)C1. The third-order valence-electron chi connectivity index (χ3n) is 4.19. The van der Waals surface area contributed by atoms with Crippen LogP contribution < -0.4 is 20.5 Å². The summed E-state index contributed by atoms with van der Waals surface area (Å²) in [6, 6.07) is 10.9. The number of carbonyl (C=O) groups excluding carboxylic acids is 1. The lowest BCUT2D eigenvalue weighted by atomic mass is 10.2. The number of anilines is 1. The summed E-state index contributed by atoms with van der Waals surface area (Å²) in [5.41, 5.74) is 1.84. The fraction of sp³-hybridized carbons (Fsp3) is 0.333. The number of benzene rings is 1. The number of para-hydroxylation sites is 2. The number of rotatable bonds is 4. The number of hydrogen-bond acceptors (Lipinski definition) is 4. The van der Waals surface area contributed by atoms with Crippen LogP contribution in [0.5, 0.6) is 5.75 Å². The van der Waals surface area contributed by atoms with Gasteiger partial charge in [0.05, 0.1) is 12.8 Å². The van der Waals surface area contributed by atoms with Crippen molar-refractivity contribution < 1.29 is 9.53 Å². The van der Waals surface area contributed by atoms with Crippen molar-refractivity contribution in [3.8, 4) is 5.75 Å². The maximum atomic E-state index is 12.4. The van der Waals surface area contributed by atoms with Crippen LogP contribution in [0.4, 0.5) is 5.69 Å². The van der Waals surface area contributed by atoms with Crippen molar-refractivity contribution in [2.24, 2.45) is 0 Å². The van der Waals surface area contributed by atoms with Gasteiger partial charge < -0.3 is 19.9 Å². The lowest BCUT2D eigenvalue weighted by Crippen LogP contribution is -2.37. The number of carbonyl (C=O) groups is 1. The number of aromatic nitrogens is 1. The fourth-order valence-electron chi connectivity index (χ4n) is 3.07. The van der Waals surface area contributed by atoms with Crippen LogP contribution in [0, 0.1) is 6.92 Å². The van der Waals surface area contributed by atoms with E-state index in [0.717, 1.165) is 24.4 Å². The number of hydrogen-bond donors (Lipinski definition) is 2. The highest BCUT2D eigenvalue weighted by molar-refractivity contribution is 5.94. The molecule has 2 aromatic rings. The van der Waals surface area contributed by atoms with Crippen LogP contribution in [0.1, 0.15) is 22.5 Å². The second kappa shape index (κ2) is 6.78. The minimum atomic E-state index is -0.262. The second-order valence-corrected chi connectivity index (χ2v) is 5.99. The smallest absolute Gasteiger partial charge is 0.251 e. The molecule has 6 nitrogen and oxygen atoms in total. The number of H-pyrrole nitrogens is 1. The van der Waals surface area contributed by atoms with E-state index in [4.69, 9.17) is 4.74 Å². The Balaban J connectivity index is 1.68. The molecule has 0 radical (unpaired) electrons. The molecule has 0 spiro atoms. The predicted molar refractivity (Wildman–Crippen MR) is 92.9 cm³/mol. The Kier molecular flexibility index (Phi) is 4.55. The van der Waals surface area contributed by atoms with Crippen LogP contribution in [-0.4, -0.2) is 37.1 Å². The van der Waals surface area contributed by atoms with Gasteiger partial charge >= 0.3 is 0 Å². The first-order valence-corrected chi connectivity index (χ1v) is 7.96. The van der Waals surface area contributed by atoms with E-state index >= 15 is 0 Å². The van der Waals surface area contributed by atoms with Crippen LogP contribution in [-0.2, 0) is 0 Å². The van der Waals surface area contributed by atoms with Gasteiger partial charge in [0.1, 0.15) is 5.75 Å². The van der Waals surface area contributed by atoms with Crippen molar-refractivity contribution in [2.45, 2.75) is 19.4 Å². The molecular weight excluding hydrogens is 306 g/mol. The second-order valence-electron chi connectivity index (χ2n) is 5.99. The van der Waals surface area contributed by atoms with Crippen LogP contribution in [0.25, 0.3) is 0 Å². The van der Waals surface area contributed by atoms with Gasteiger partial charge in [-0.3, -0.25) is 9.59 Å². The van der Waals surface area contributed by atoms with Crippen LogP contribution in [0.15, 0.2) is 41.2 Å². The van der Waals surface area contributed by atoms with Gasteiger partial charge in [-0.25, -0.2) is 0 Å². The van der Waals surface area contributed by atoms with Crippen molar-refractivity contribution in [3.05, 3.63) is 58.0 Å². The lowest BCUT2D eigenvalue weighted by Gasteiger charge is -2.21. The molecule has 2 heterocycles. The molecule has 1 aliphatic heterocycles. The van der Waals surface area contributed by atoms with Gasteiger partial charge in [0.2, 0.25) is 5.56 Å². The zero-order chi connectivity index (χ0) is 17.1. The molecule has 0 aliphatic carbocycles. The largest absolute Gasteiger partial charge is 0.495 e. The Morgan fingerprint density at radius 2 is 2.12 bits per heavy atom. The maximum Gasteiger partial charge on any atom is 0.251 e. The summed E-state index contributed by atoms with van der Waals surface area (Å²) in [7, 11) is 1.66. The van der Waals surface area contributed by atoms with E-state index < -0.39 is 0 Å². The predicted octanol–water partition coefficient (Wildman–Crippen LogP) is 1.70. The van der Waals surface area contributed by atoms with Gasteiger partial charge in [0.25, 0.3) is 5.91 Å². The molecule has 0 bridgehead atoms. The van der Waals surface area contributed by atoms with Gasteiger partial charge in [-0.2, -0.15) is 0 Å². The quantitative estimate of drug-likeness (QED) is 0.896. The van der Waals surface area contributed by atoms with Crippen molar-refractivity contribution in [1.82, 2.24) is 10.3 Å². The van der Waals surface area contributed by atoms with E-state index in [0.29, 0.717) is 17.8 Å². The highest BCUT2D eigenvalue weighted by Gasteiger charge is 2.26. The summed E-state index contributed by atoms with van der Waals surface area (Å²) in [6.45, 7) is 3.32. The standard InChI is InChI=1S/C18H21N3O3/c1-12-9-13(10-17(22)19-12)18(23)20-14-7-8-21(11-14)15-5-3-4-6-16(15)24-2/h3-6,9-10,14H,7-8,11H2,1-2H3,(H,19,22)(H,20,23). The van der Waals surface area contributed by atoms with E-state index in [2.05, 4.69) is 15.2 Å². The summed E-state index contributed by atoms with van der Waals surface area (Å²) >= 11 is 0. The summed E-state index contributed by atoms with van der Waals surface area (Å²) in [4.78, 5) is 28.7. The minimum absolute atomic E-state index is 0.0435. The number of aryl methyl sites for hydroxylation is 1. The molecule has 1 aromatic carbocycles. The summed E-state index contributed by atoms with van der Waals surface area (Å²) < 4.78 is 5.40. The van der Waals surface area contributed by atoms with Gasteiger partial charge in [-0.05, 0) is 31.5 Å². The molecule has 3 rings (SSSR count).